The summed E-state index contributed by atoms with van der Waals surface area (Å²) in [6, 6.07) is 11.0. The summed E-state index contributed by atoms with van der Waals surface area (Å²) in [5.74, 6) is 0. The van der Waals surface area contributed by atoms with Crippen LogP contribution < -0.4 is 5.19 Å². The van der Waals surface area contributed by atoms with Crippen molar-refractivity contribution >= 4 is 13.3 Å². The van der Waals surface area contributed by atoms with E-state index in [0.29, 0.717) is 5.54 Å². The van der Waals surface area contributed by atoms with E-state index in [-0.39, 0.29) is 6.29 Å². The Morgan fingerprint density at radius 3 is 2.48 bits per heavy atom. The molecule has 0 radical (unpaired) electrons. The van der Waals surface area contributed by atoms with Gasteiger partial charge in [0.05, 0.1) is 21.3 Å². The third-order valence-electron chi connectivity index (χ3n) is 5.08. The van der Waals surface area contributed by atoms with Crippen LogP contribution in [0.15, 0.2) is 43.0 Å². The first-order valence-corrected chi connectivity index (χ1v) is 12.1. The van der Waals surface area contributed by atoms with E-state index >= 15 is 0 Å². The lowest BCUT2D eigenvalue weighted by molar-refractivity contribution is -0.181. The maximum Gasteiger partial charge on any atom is 0.157 e. The molecule has 0 bridgehead atoms. The lowest BCUT2D eigenvalue weighted by atomic mass is 10.1. The van der Waals surface area contributed by atoms with Gasteiger partial charge in [0.1, 0.15) is 0 Å². The van der Waals surface area contributed by atoms with E-state index in [1.165, 1.54) is 30.9 Å². The van der Waals surface area contributed by atoms with Gasteiger partial charge in [-0.25, -0.2) is 0 Å². The highest BCUT2D eigenvalue weighted by Gasteiger charge is 2.30. The van der Waals surface area contributed by atoms with Crippen LogP contribution >= 0.6 is 0 Å². The predicted molar refractivity (Wildman–Crippen MR) is 101 cm³/mol. The number of ether oxygens (including phenoxy) is 2. The fourth-order valence-corrected chi connectivity index (χ4v) is 6.41. The summed E-state index contributed by atoms with van der Waals surface area (Å²) in [5, 5.41) is 1.54. The van der Waals surface area contributed by atoms with E-state index in [1.807, 2.05) is 0 Å². The van der Waals surface area contributed by atoms with Gasteiger partial charge in [0.15, 0.2) is 6.29 Å². The SMILES string of the molecule is C=C[C@@H](CCCCCC1OCCCO1)[Si](C)(C)c1ccccc1. The van der Waals surface area contributed by atoms with Crippen molar-refractivity contribution in [3.05, 3.63) is 43.0 Å². The van der Waals surface area contributed by atoms with E-state index in [4.69, 9.17) is 9.47 Å². The topological polar surface area (TPSA) is 18.5 Å². The number of allylic oxidation sites excluding steroid dienone is 1. The molecule has 1 heterocycles. The van der Waals surface area contributed by atoms with Gasteiger partial charge in [0.2, 0.25) is 0 Å². The van der Waals surface area contributed by atoms with E-state index in [1.54, 1.807) is 0 Å². The van der Waals surface area contributed by atoms with E-state index in [2.05, 4.69) is 56.1 Å². The largest absolute Gasteiger partial charge is 0.353 e. The monoisotopic (exact) mass is 332 g/mol. The molecular weight excluding hydrogens is 300 g/mol. The zero-order chi connectivity index (χ0) is 16.5. The first-order valence-electron chi connectivity index (χ1n) is 9.06. The molecule has 1 aliphatic heterocycles. The van der Waals surface area contributed by atoms with Crippen LogP contribution in [0.1, 0.15) is 38.5 Å². The quantitative estimate of drug-likeness (QED) is 0.365. The summed E-state index contributed by atoms with van der Waals surface area (Å²) < 4.78 is 11.2. The minimum Gasteiger partial charge on any atom is -0.353 e. The lowest BCUT2D eigenvalue weighted by Gasteiger charge is -2.31. The Labute approximate surface area is 142 Å². The summed E-state index contributed by atoms with van der Waals surface area (Å²) >= 11 is 0. The molecule has 0 aromatic heterocycles. The average molecular weight is 333 g/mol. The molecule has 0 spiro atoms. The van der Waals surface area contributed by atoms with Gasteiger partial charge in [-0.1, -0.05) is 67.5 Å². The zero-order valence-electron chi connectivity index (χ0n) is 14.8. The summed E-state index contributed by atoms with van der Waals surface area (Å²) in [7, 11) is -1.47. The van der Waals surface area contributed by atoms with Gasteiger partial charge < -0.3 is 9.47 Å². The zero-order valence-corrected chi connectivity index (χ0v) is 15.8. The Morgan fingerprint density at radius 1 is 1.13 bits per heavy atom. The molecule has 0 amide bonds. The highest BCUT2D eigenvalue weighted by atomic mass is 28.3. The molecule has 0 saturated carbocycles. The van der Waals surface area contributed by atoms with Crippen LogP contribution in [0, 0.1) is 0 Å². The Morgan fingerprint density at radius 2 is 1.83 bits per heavy atom. The summed E-state index contributed by atoms with van der Waals surface area (Å²) in [4.78, 5) is 0. The number of rotatable bonds is 9. The first-order chi connectivity index (χ1) is 11.1. The van der Waals surface area contributed by atoms with Crippen molar-refractivity contribution < 1.29 is 9.47 Å². The molecule has 23 heavy (non-hydrogen) atoms. The molecule has 128 valence electrons. The molecule has 1 aromatic carbocycles. The fraction of sp³-hybridized carbons (Fsp3) is 0.600. The average Bonchev–Trinajstić information content (AvgIpc) is 2.59. The van der Waals surface area contributed by atoms with Gasteiger partial charge in [-0.3, -0.25) is 0 Å². The van der Waals surface area contributed by atoms with Gasteiger partial charge >= 0.3 is 0 Å². The van der Waals surface area contributed by atoms with Gasteiger partial charge in [-0.05, 0) is 31.2 Å². The van der Waals surface area contributed by atoms with Crippen molar-refractivity contribution in [3.63, 3.8) is 0 Å². The summed E-state index contributed by atoms with van der Waals surface area (Å²) in [6.07, 6.45) is 9.31. The molecule has 1 aliphatic rings. The normalized spacial score (nSPS) is 17.8. The fourth-order valence-electron chi connectivity index (χ4n) is 3.41. The van der Waals surface area contributed by atoms with E-state index in [0.717, 1.165) is 26.1 Å². The van der Waals surface area contributed by atoms with Crippen molar-refractivity contribution in [2.75, 3.05) is 13.2 Å². The Bertz CT molecular complexity index is 452. The van der Waals surface area contributed by atoms with Crippen LogP contribution in [0.25, 0.3) is 0 Å². The first kappa shape index (κ1) is 18.4. The molecule has 1 aromatic rings. The number of hydrogen-bond acceptors (Lipinski definition) is 2. The van der Waals surface area contributed by atoms with E-state index < -0.39 is 8.07 Å². The Hall–Kier alpha value is -0.903. The Balaban J connectivity index is 1.73. The van der Waals surface area contributed by atoms with Crippen LogP contribution in [-0.4, -0.2) is 27.6 Å². The third kappa shape index (κ3) is 5.59. The molecule has 0 unspecified atom stereocenters. The van der Waals surface area contributed by atoms with Crippen molar-refractivity contribution in [1.29, 1.82) is 0 Å². The van der Waals surface area contributed by atoms with Crippen molar-refractivity contribution in [3.8, 4) is 0 Å². The maximum atomic E-state index is 5.61. The summed E-state index contributed by atoms with van der Waals surface area (Å²) in [6.45, 7) is 10.8. The standard InChI is InChI=1S/C20H32O2Si/c1-4-18(23(2,3)19-13-8-5-9-14-19)12-7-6-10-15-20-21-16-11-17-22-20/h4-5,8-9,13-14,18,20H,1,6-7,10-12,15-17H2,2-3H3/t18-/m0/s1. The lowest BCUT2D eigenvalue weighted by Crippen LogP contribution is -2.45. The number of unbranched alkanes of at least 4 members (excludes halogenated alkanes) is 2. The summed E-state index contributed by atoms with van der Waals surface area (Å²) in [5.41, 5.74) is 0.645. The van der Waals surface area contributed by atoms with Crippen LogP contribution in [0.3, 0.4) is 0 Å². The number of hydrogen-bond donors (Lipinski definition) is 0. The van der Waals surface area contributed by atoms with Gasteiger partial charge in [-0.15, -0.1) is 6.58 Å². The molecule has 3 heteroatoms. The minimum absolute atomic E-state index is 0.0501. The van der Waals surface area contributed by atoms with Crippen molar-refractivity contribution in [1.82, 2.24) is 0 Å². The van der Waals surface area contributed by atoms with Crippen molar-refractivity contribution in [2.45, 2.75) is 63.5 Å². The molecule has 2 nitrogen and oxygen atoms in total. The molecule has 2 rings (SSSR count). The second-order valence-corrected chi connectivity index (χ2v) is 11.9. The molecule has 1 fully saturated rings. The molecule has 1 saturated heterocycles. The second kappa shape index (κ2) is 9.41. The van der Waals surface area contributed by atoms with Crippen LogP contribution in [-0.2, 0) is 9.47 Å². The molecule has 1 atom stereocenters. The Kier molecular flexibility index (Phi) is 7.54. The van der Waals surface area contributed by atoms with E-state index in [9.17, 15) is 0 Å². The van der Waals surface area contributed by atoms with Gasteiger partial charge in [-0.2, -0.15) is 0 Å². The van der Waals surface area contributed by atoms with Crippen LogP contribution in [0.4, 0.5) is 0 Å². The van der Waals surface area contributed by atoms with Gasteiger partial charge in [0.25, 0.3) is 0 Å². The van der Waals surface area contributed by atoms with Gasteiger partial charge in [0, 0.05) is 0 Å². The smallest absolute Gasteiger partial charge is 0.157 e. The highest BCUT2D eigenvalue weighted by Crippen LogP contribution is 2.29. The predicted octanol–water partition coefficient (Wildman–Crippen LogP) is 4.87. The minimum atomic E-state index is -1.47. The molecule has 0 N–H and O–H groups in total. The number of benzene rings is 1. The molecular formula is C20H32O2Si. The highest BCUT2D eigenvalue weighted by molar-refractivity contribution is 6.91. The van der Waals surface area contributed by atoms with Crippen LogP contribution in [0.5, 0.6) is 0 Å². The second-order valence-electron chi connectivity index (χ2n) is 7.09. The maximum absolute atomic E-state index is 5.61. The molecule has 0 aliphatic carbocycles. The third-order valence-corrected chi connectivity index (χ3v) is 9.28. The van der Waals surface area contributed by atoms with Crippen molar-refractivity contribution in [2.24, 2.45) is 0 Å². The van der Waals surface area contributed by atoms with Crippen LogP contribution in [0.2, 0.25) is 18.6 Å².